The molecule has 16 heavy (non-hydrogen) atoms. The van der Waals surface area contributed by atoms with E-state index in [9.17, 15) is 8.42 Å². The first-order valence-corrected chi connectivity index (χ1v) is 6.98. The van der Waals surface area contributed by atoms with E-state index in [0.29, 0.717) is 5.75 Å². The Balaban J connectivity index is 2.46. The van der Waals surface area contributed by atoms with Gasteiger partial charge in [0.05, 0.1) is 12.1 Å². The second-order valence-electron chi connectivity index (χ2n) is 3.20. The summed E-state index contributed by atoms with van der Waals surface area (Å²) in [5.41, 5.74) is 0. The Labute approximate surface area is 100 Å². The molecule has 1 atom stereocenters. The molecule has 0 fully saturated rings. The molecule has 1 rings (SSSR count). The number of para-hydroxylation sites is 1. The molecule has 0 bridgehead atoms. The van der Waals surface area contributed by atoms with Crippen LogP contribution in [0.25, 0.3) is 0 Å². The molecule has 0 saturated heterocycles. The van der Waals surface area contributed by atoms with Crippen LogP contribution in [0.3, 0.4) is 0 Å². The lowest BCUT2D eigenvalue weighted by Gasteiger charge is -2.14. The van der Waals surface area contributed by atoms with E-state index >= 15 is 0 Å². The lowest BCUT2D eigenvalue weighted by Crippen LogP contribution is -2.26. The van der Waals surface area contributed by atoms with Crippen LogP contribution in [0.15, 0.2) is 30.3 Å². The van der Waals surface area contributed by atoms with Gasteiger partial charge in [-0.25, -0.2) is 0 Å². The third-order valence-corrected chi connectivity index (χ3v) is 2.63. The number of alkyl halides is 1. The van der Waals surface area contributed by atoms with Crippen molar-refractivity contribution < 1.29 is 17.3 Å². The van der Waals surface area contributed by atoms with E-state index in [-0.39, 0.29) is 12.5 Å². The molecule has 0 spiro atoms. The summed E-state index contributed by atoms with van der Waals surface area (Å²) >= 11 is 5.57. The highest BCUT2D eigenvalue weighted by atomic mass is 35.5. The van der Waals surface area contributed by atoms with E-state index in [1.165, 1.54) is 0 Å². The third-order valence-electron chi connectivity index (χ3n) is 1.66. The highest BCUT2D eigenvalue weighted by Crippen LogP contribution is 2.10. The zero-order valence-electron chi connectivity index (χ0n) is 8.80. The Morgan fingerprint density at radius 2 is 1.94 bits per heavy atom. The molecule has 90 valence electrons. The second-order valence-corrected chi connectivity index (χ2v) is 5.11. The molecular formula is C10H13ClO4S. The van der Waals surface area contributed by atoms with Crippen molar-refractivity contribution >= 4 is 21.7 Å². The molecule has 0 heterocycles. The molecule has 0 aromatic heterocycles. The molecule has 0 aliphatic carbocycles. The number of hydrogen-bond donors (Lipinski definition) is 0. The van der Waals surface area contributed by atoms with Crippen molar-refractivity contribution in [3.8, 4) is 5.75 Å². The Morgan fingerprint density at radius 1 is 1.31 bits per heavy atom. The highest BCUT2D eigenvalue weighted by Gasteiger charge is 2.15. The van der Waals surface area contributed by atoms with Crippen molar-refractivity contribution in [2.75, 3.05) is 18.7 Å². The summed E-state index contributed by atoms with van der Waals surface area (Å²) in [5, 5.41) is 0. The average Bonchev–Trinajstić information content (AvgIpc) is 2.24. The molecule has 1 aromatic rings. The molecule has 0 aliphatic rings. The first-order chi connectivity index (χ1) is 7.51. The lowest BCUT2D eigenvalue weighted by molar-refractivity contribution is 0.152. The van der Waals surface area contributed by atoms with E-state index in [1.807, 2.05) is 18.2 Å². The van der Waals surface area contributed by atoms with Crippen LogP contribution in [-0.2, 0) is 14.3 Å². The van der Waals surface area contributed by atoms with Crippen LogP contribution >= 0.6 is 11.6 Å². The van der Waals surface area contributed by atoms with Crippen molar-refractivity contribution in [1.82, 2.24) is 0 Å². The molecular weight excluding hydrogens is 252 g/mol. The molecule has 0 N–H and O–H groups in total. The first-order valence-electron chi connectivity index (χ1n) is 4.63. The summed E-state index contributed by atoms with van der Waals surface area (Å²) < 4.78 is 31.8. The monoisotopic (exact) mass is 264 g/mol. The van der Waals surface area contributed by atoms with E-state index in [1.54, 1.807) is 12.1 Å². The SMILES string of the molecule is CS(=O)(=O)OC(CCl)COc1ccccc1. The fourth-order valence-corrected chi connectivity index (χ4v) is 1.90. The maximum absolute atomic E-state index is 10.9. The van der Waals surface area contributed by atoms with E-state index < -0.39 is 16.2 Å². The smallest absolute Gasteiger partial charge is 0.264 e. The van der Waals surface area contributed by atoms with Gasteiger partial charge in [-0.2, -0.15) is 8.42 Å². The lowest BCUT2D eigenvalue weighted by atomic mass is 10.3. The number of ether oxygens (including phenoxy) is 1. The van der Waals surface area contributed by atoms with Crippen LogP contribution in [0.1, 0.15) is 0 Å². The van der Waals surface area contributed by atoms with Gasteiger partial charge in [-0.15, -0.1) is 11.6 Å². The fraction of sp³-hybridized carbons (Fsp3) is 0.400. The van der Waals surface area contributed by atoms with Gasteiger partial charge in [-0.3, -0.25) is 4.18 Å². The van der Waals surface area contributed by atoms with Crippen LogP contribution in [0, 0.1) is 0 Å². The van der Waals surface area contributed by atoms with Gasteiger partial charge in [0.1, 0.15) is 18.5 Å². The zero-order valence-corrected chi connectivity index (χ0v) is 10.4. The predicted octanol–water partition coefficient (Wildman–Crippen LogP) is 1.65. The van der Waals surface area contributed by atoms with Gasteiger partial charge < -0.3 is 4.74 Å². The molecule has 0 aliphatic heterocycles. The average molecular weight is 265 g/mol. The van der Waals surface area contributed by atoms with E-state index in [2.05, 4.69) is 0 Å². The van der Waals surface area contributed by atoms with E-state index in [0.717, 1.165) is 6.26 Å². The largest absolute Gasteiger partial charge is 0.491 e. The minimum Gasteiger partial charge on any atom is -0.491 e. The van der Waals surface area contributed by atoms with Gasteiger partial charge in [0, 0.05) is 0 Å². The van der Waals surface area contributed by atoms with Gasteiger partial charge in [-0.1, -0.05) is 18.2 Å². The molecule has 6 heteroatoms. The minimum atomic E-state index is -3.50. The normalized spacial score (nSPS) is 13.4. The van der Waals surface area contributed by atoms with Crippen molar-refractivity contribution in [3.05, 3.63) is 30.3 Å². The summed E-state index contributed by atoms with van der Waals surface area (Å²) in [5.74, 6) is 0.703. The van der Waals surface area contributed by atoms with Crippen LogP contribution < -0.4 is 4.74 Å². The molecule has 1 unspecified atom stereocenters. The molecule has 1 aromatic carbocycles. The Hall–Kier alpha value is -0.780. The second kappa shape index (κ2) is 6.08. The number of rotatable bonds is 6. The quantitative estimate of drug-likeness (QED) is 0.579. The maximum Gasteiger partial charge on any atom is 0.264 e. The van der Waals surface area contributed by atoms with Crippen molar-refractivity contribution in [1.29, 1.82) is 0 Å². The molecule has 0 radical (unpaired) electrons. The topological polar surface area (TPSA) is 52.6 Å². The van der Waals surface area contributed by atoms with Crippen LogP contribution in [0.2, 0.25) is 0 Å². The van der Waals surface area contributed by atoms with Gasteiger partial charge in [0.15, 0.2) is 0 Å². The Morgan fingerprint density at radius 3 is 2.44 bits per heavy atom. The summed E-state index contributed by atoms with van der Waals surface area (Å²) in [6.07, 6.45) is 0.312. The van der Waals surface area contributed by atoms with Crippen molar-refractivity contribution in [2.45, 2.75) is 6.10 Å². The summed E-state index contributed by atoms with van der Waals surface area (Å²) in [7, 11) is -3.50. The van der Waals surface area contributed by atoms with Gasteiger partial charge in [0.2, 0.25) is 0 Å². The highest BCUT2D eigenvalue weighted by molar-refractivity contribution is 7.86. The first kappa shape index (κ1) is 13.3. The van der Waals surface area contributed by atoms with Crippen LogP contribution in [0.5, 0.6) is 5.75 Å². The van der Waals surface area contributed by atoms with Crippen LogP contribution in [0.4, 0.5) is 0 Å². The van der Waals surface area contributed by atoms with Crippen LogP contribution in [-0.4, -0.2) is 33.3 Å². The number of halogens is 1. The summed E-state index contributed by atoms with van der Waals surface area (Å²) in [4.78, 5) is 0. The third kappa shape index (κ3) is 5.34. The summed E-state index contributed by atoms with van der Waals surface area (Å²) in [6.45, 7) is 0.0978. The van der Waals surface area contributed by atoms with Gasteiger partial charge in [-0.05, 0) is 12.1 Å². The fourth-order valence-electron chi connectivity index (χ4n) is 1.05. The maximum atomic E-state index is 10.9. The zero-order chi connectivity index (χ0) is 12.0. The Bertz CT molecular complexity index is 404. The van der Waals surface area contributed by atoms with Gasteiger partial charge in [0.25, 0.3) is 10.1 Å². The minimum absolute atomic E-state index is 0.0555. The van der Waals surface area contributed by atoms with E-state index in [4.69, 9.17) is 20.5 Å². The summed E-state index contributed by atoms with van der Waals surface area (Å²) in [6, 6.07) is 9.04. The number of hydrogen-bond acceptors (Lipinski definition) is 4. The standard InChI is InChI=1S/C10H13ClO4S/c1-16(12,13)15-10(7-11)8-14-9-5-3-2-4-6-9/h2-6,10H,7-8H2,1H3. The van der Waals surface area contributed by atoms with Gasteiger partial charge >= 0.3 is 0 Å². The van der Waals surface area contributed by atoms with Crippen molar-refractivity contribution in [3.63, 3.8) is 0 Å². The molecule has 0 saturated carbocycles. The Kier molecular flexibility index (Phi) is 5.05. The predicted molar refractivity (Wildman–Crippen MR) is 62.4 cm³/mol. The van der Waals surface area contributed by atoms with Crippen molar-refractivity contribution in [2.24, 2.45) is 0 Å². The molecule has 4 nitrogen and oxygen atoms in total. The molecule has 0 amide bonds. The number of benzene rings is 1.